The minimum Gasteiger partial charge on any atom is -0.334 e. The molecule has 1 aromatic heterocycles. The molecule has 1 amide bonds. The van der Waals surface area contributed by atoms with Crippen LogP contribution in [0, 0.1) is 12.8 Å². The summed E-state index contributed by atoms with van der Waals surface area (Å²) in [5.74, 6) is 0.462. The molecule has 1 aliphatic rings. The molecular weight excluding hydrogens is 406 g/mol. The van der Waals surface area contributed by atoms with Crippen molar-refractivity contribution in [1.29, 1.82) is 0 Å². The molecule has 1 aliphatic heterocycles. The first-order valence-corrected chi connectivity index (χ1v) is 11.6. The summed E-state index contributed by atoms with van der Waals surface area (Å²) >= 11 is 1.51. The number of hydrogen-bond donors (Lipinski definition) is 0. The van der Waals surface area contributed by atoms with Gasteiger partial charge in [0.15, 0.2) is 5.16 Å². The molecule has 2 heterocycles. The minimum atomic E-state index is -0.253. The van der Waals surface area contributed by atoms with Gasteiger partial charge in [-0.05, 0) is 24.5 Å². The van der Waals surface area contributed by atoms with Crippen molar-refractivity contribution in [2.75, 3.05) is 5.75 Å². The number of rotatable bonds is 6. The van der Waals surface area contributed by atoms with E-state index in [9.17, 15) is 9.59 Å². The van der Waals surface area contributed by atoms with Gasteiger partial charge < -0.3 is 4.90 Å². The number of amides is 1. The van der Waals surface area contributed by atoms with Gasteiger partial charge in [-0.15, -0.1) is 0 Å². The average Bonchev–Trinajstić information content (AvgIpc) is 2.80. The van der Waals surface area contributed by atoms with Crippen molar-refractivity contribution >= 4 is 17.7 Å². The van der Waals surface area contributed by atoms with Crippen LogP contribution < -0.4 is 5.56 Å². The number of benzene rings is 2. The minimum absolute atomic E-state index is 0.00679. The van der Waals surface area contributed by atoms with E-state index >= 15 is 0 Å². The first kappa shape index (κ1) is 21.4. The van der Waals surface area contributed by atoms with Gasteiger partial charge in [0.1, 0.15) is 0 Å². The monoisotopic (exact) mass is 433 g/mol. The second-order valence-electron chi connectivity index (χ2n) is 7.90. The van der Waals surface area contributed by atoms with Crippen molar-refractivity contribution in [1.82, 2.24) is 14.5 Å². The van der Waals surface area contributed by atoms with Gasteiger partial charge in [0.05, 0.1) is 5.92 Å². The van der Waals surface area contributed by atoms with Crippen molar-refractivity contribution in [2.24, 2.45) is 5.92 Å². The van der Waals surface area contributed by atoms with Gasteiger partial charge in [0.25, 0.3) is 5.56 Å². The van der Waals surface area contributed by atoms with E-state index in [0.29, 0.717) is 31.8 Å². The van der Waals surface area contributed by atoms with Crippen LogP contribution in [0.25, 0.3) is 0 Å². The van der Waals surface area contributed by atoms with E-state index in [0.717, 1.165) is 27.5 Å². The van der Waals surface area contributed by atoms with E-state index in [1.54, 1.807) is 4.57 Å². The maximum atomic E-state index is 13.6. The van der Waals surface area contributed by atoms with Crippen LogP contribution in [0.4, 0.5) is 0 Å². The van der Waals surface area contributed by atoms with Gasteiger partial charge in [-0.2, -0.15) is 0 Å². The summed E-state index contributed by atoms with van der Waals surface area (Å²) in [6.07, 6.45) is 0.648. The fourth-order valence-electron chi connectivity index (χ4n) is 4.03. The predicted octanol–water partition coefficient (Wildman–Crippen LogP) is 4.07. The molecule has 0 aliphatic carbocycles. The van der Waals surface area contributed by atoms with Crippen LogP contribution in [0.5, 0.6) is 0 Å². The van der Waals surface area contributed by atoms with Crippen molar-refractivity contribution in [3.63, 3.8) is 0 Å². The number of fused-ring (bicyclic) bond motifs is 1. The molecule has 5 nitrogen and oxygen atoms in total. The zero-order chi connectivity index (χ0) is 21.8. The smallest absolute Gasteiger partial charge is 0.257 e. The molecule has 160 valence electrons. The Kier molecular flexibility index (Phi) is 6.56. The highest BCUT2D eigenvalue weighted by atomic mass is 32.2. The largest absolute Gasteiger partial charge is 0.334 e. The van der Waals surface area contributed by atoms with Gasteiger partial charge >= 0.3 is 0 Å². The van der Waals surface area contributed by atoms with Crippen molar-refractivity contribution in [3.8, 4) is 0 Å². The highest BCUT2D eigenvalue weighted by Gasteiger charge is 2.31. The van der Waals surface area contributed by atoms with Crippen LogP contribution in [0.1, 0.15) is 29.3 Å². The van der Waals surface area contributed by atoms with Gasteiger partial charge in [-0.25, -0.2) is 4.98 Å². The van der Waals surface area contributed by atoms with Gasteiger partial charge in [0, 0.05) is 36.6 Å². The van der Waals surface area contributed by atoms with E-state index in [1.807, 2.05) is 79.4 Å². The number of carbonyl (C=O) groups is 1. The predicted molar refractivity (Wildman–Crippen MR) is 124 cm³/mol. The molecule has 0 saturated carbocycles. The van der Waals surface area contributed by atoms with E-state index < -0.39 is 0 Å². The lowest BCUT2D eigenvalue weighted by atomic mass is 10.1. The molecule has 6 heteroatoms. The molecule has 4 rings (SSSR count). The second-order valence-corrected chi connectivity index (χ2v) is 8.89. The number of aromatic nitrogens is 2. The maximum absolute atomic E-state index is 13.6. The third kappa shape index (κ3) is 4.74. The summed E-state index contributed by atoms with van der Waals surface area (Å²) < 4.78 is 1.70. The number of aryl methyl sites for hydroxylation is 1. The van der Waals surface area contributed by atoms with E-state index in [2.05, 4.69) is 4.98 Å². The van der Waals surface area contributed by atoms with E-state index in [4.69, 9.17) is 0 Å². The SMILES string of the molecule is CCc1c(C)nc2n(c1=O)CC(C(=O)N(Cc1ccccc1)Cc1ccccc1)CS2. The Labute approximate surface area is 187 Å². The summed E-state index contributed by atoms with van der Waals surface area (Å²) in [5, 5.41) is 0.724. The lowest BCUT2D eigenvalue weighted by Gasteiger charge is -2.31. The number of hydrogen-bond acceptors (Lipinski definition) is 4. The summed E-state index contributed by atoms with van der Waals surface area (Å²) in [5.41, 5.74) is 3.72. The highest BCUT2D eigenvalue weighted by Crippen LogP contribution is 2.28. The van der Waals surface area contributed by atoms with Crippen molar-refractivity contribution in [2.45, 2.75) is 45.1 Å². The Morgan fingerprint density at radius 2 is 1.65 bits per heavy atom. The fourth-order valence-corrected chi connectivity index (χ4v) is 5.14. The lowest BCUT2D eigenvalue weighted by molar-refractivity contribution is -0.136. The summed E-state index contributed by atoms with van der Waals surface area (Å²) in [6.45, 7) is 5.34. The summed E-state index contributed by atoms with van der Waals surface area (Å²) in [4.78, 5) is 33.1. The summed E-state index contributed by atoms with van der Waals surface area (Å²) in [7, 11) is 0. The molecule has 0 spiro atoms. The Morgan fingerprint density at radius 1 is 1.06 bits per heavy atom. The maximum Gasteiger partial charge on any atom is 0.257 e. The molecule has 2 aromatic carbocycles. The van der Waals surface area contributed by atoms with Crippen LogP contribution >= 0.6 is 11.8 Å². The first-order chi connectivity index (χ1) is 15.1. The number of nitrogens with zero attached hydrogens (tertiary/aromatic N) is 3. The van der Waals surface area contributed by atoms with Crippen molar-refractivity contribution in [3.05, 3.63) is 93.4 Å². The Morgan fingerprint density at radius 3 is 2.19 bits per heavy atom. The van der Waals surface area contributed by atoms with Crippen LogP contribution in [-0.4, -0.2) is 26.1 Å². The molecule has 0 radical (unpaired) electrons. The van der Waals surface area contributed by atoms with E-state index in [1.165, 1.54) is 11.8 Å². The Hall–Kier alpha value is -2.86. The highest BCUT2D eigenvalue weighted by molar-refractivity contribution is 7.99. The van der Waals surface area contributed by atoms with Gasteiger partial charge in [0.2, 0.25) is 5.91 Å². The lowest BCUT2D eigenvalue weighted by Crippen LogP contribution is -2.42. The zero-order valence-corrected chi connectivity index (χ0v) is 18.8. The third-order valence-corrected chi connectivity index (χ3v) is 6.84. The van der Waals surface area contributed by atoms with E-state index in [-0.39, 0.29) is 17.4 Å². The standard InChI is InChI=1S/C25H27N3O2S/c1-3-22-18(2)26-25-28(24(22)30)16-21(17-31-25)23(29)27(14-19-10-6-4-7-11-19)15-20-12-8-5-9-13-20/h4-13,21H,3,14-17H2,1-2H3. The quantitative estimate of drug-likeness (QED) is 0.550. The Balaban J connectivity index is 1.60. The second kappa shape index (κ2) is 9.52. The molecule has 31 heavy (non-hydrogen) atoms. The van der Waals surface area contributed by atoms with Gasteiger partial charge in [-0.3, -0.25) is 14.2 Å². The van der Waals surface area contributed by atoms with Crippen molar-refractivity contribution < 1.29 is 4.79 Å². The number of carbonyl (C=O) groups excluding carboxylic acids is 1. The zero-order valence-electron chi connectivity index (χ0n) is 18.0. The van der Waals surface area contributed by atoms with Crippen LogP contribution in [-0.2, 0) is 30.8 Å². The number of thioether (sulfide) groups is 1. The first-order valence-electron chi connectivity index (χ1n) is 10.7. The Bertz CT molecular complexity index is 1070. The molecule has 1 atom stereocenters. The molecule has 1 unspecified atom stereocenters. The molecule has 0 N–H and O–H groups in total. The van der Waals surface area contributed by atoms with Crippen LogP contribution in [0.15, 0.2) is 70.6 Å². The molecule has 0 saturated heterocycles. The van der Waals surface area contributed by atoms with Gasteiger partial charge in [-0.1, -0.05) is 79.3 Å². The molecule has 0 bridgehead atoms. The third-order valence-electron chi connectivity index (χ3n) is 5.70. The summed E-state index contributed by atoms with van der Waals surface area (Å²) in [6, 6.07) is 20.1. The topological polar surface area (TPSA) is 55.2 Å². The normalized spacial score (nSPS) is 15.4. The van der Waals surface area contributed by atoms with Crippen LogP contribution in [0.2, 0.25) is 0 Å². The average molecular weight is 434 g/mol. The molecular formula is C25H27N3O2S. The van der Waals surface area contributed by atoms with Crippen LogP contribution in [0.3, 0.4) is 0 Å². The molecule has 3 aromatic rings. The molecule has 0 fully saturated rings. The fraction of sp³-hybridized carbons (Fsp3) is 0.320.